The molecule has 1 aliphatic heterocycles. The van der Waals surface area contributed by atoms with Crippen molar-refractivity contribution in [1.82, 2.24) is 5.32 Å². The molecule has 0 bridgehead atoms. The number of nitrogens with two attached hydrogens (primary N) is 1. The lowest BCUT2D eigenvalue weighted by atomic mass is 10.1. The quantitative estimate of drug-likeness (QED) is 0.477. The van der Waals surface area contributed by atoms with Crippen LogP contribution in [0, 0.1) is 0 Å². The molecule has 0 spiro atoms. The fourth-order valence-electron chi connectivity index (χ4n) is 0.512. The molecular weight excluding hydrogens is 88.1 g/mol. The van der Waals surface area contributed by atoms with E-state index in [1.165, 1.54) is 5.57 Å². The molecule has 1 rings (SSSR count). The molecule has 0 aromatic heterocycles. The summed E-state index contributed by atoms with van der Waals surface area (Å²) in [6, 6.07) is 0.251. The number of nitrogens with one attached hydrogen (secondary N) is 1. The zero-order valence-corrected chi connectivity index (χ0v) is 4.44. The first-order valence-corrected chi connectivity index (χ1v) is 2.48. The molecule has 0 amide bonds. The van der Waals surface area contributed by atoms with Gasteiger partial charge in [0.05, 0.1) is 0 Å². The molecule has 2 heteroatoms. The largest absolute Gasteiger partial charge is 0.387 e. The van der Waals surface area contributed by atoms with Gasteiger partial charge in [-0.05, 0) is 18.7 Å². The van der Waals surface area contributed by atoms with Crippen molar-refractivity contribution >= 4 is 0 Å². The third-order valence-corrected chi connectivity index (χ3v) is 1.18. The molecule has 3 N–H and O–H groups in total. The van der Waals surface area contributed by atoms with E-state index in [-0.39, 0.29) is 6.04 Å². The van der Waals surface area contributed by atoms with E-state index in [1.54, 1.807) is 0 Å². The summed E-state index contributed by atoms with van der Waals surface area (Å²) in [6.07, 6.45) is 1.96. The lowest BCUT2D eigenvalue weighted by Crippen LogP contribution is -2.33. The van der Waals surface area contributed by atoms with Crippen molar-refractivity contribution in [3.05, 3.63) is 11.8 Å². The predicted octanol–water partition coefficient (Wildman–Crippen LogP) is -0.179. The Bertz CT molecular complexity index is 94.3. The van der Waals surface area contributed by atoms with Crippen LogP contribution in [0.1, 0.15) is 6.92 Å². The van der Waals surface area contributed by atoms with Gasteiger partial charge < -0.3 is 11.1 Å². The topological polar surface area (TPSA) is 38.0 Å². The second kappa shape index (κ2) is 1.54. The first-order valence-electron chi connectivity index (χ1n) is 2.48. The Labute approximate surface area is 43.4 Å². The molecule has 0 aromatic carbocycles. The minimum absolute atomic E-state index is 0.251. The summed E-state index contributed by atoms with van der Waals surface area (Å²) in [6.45, 7) is 2.98. The molecule has 0 saturated heterocycles. The van der Waals surface area contributed by atoms with Crippen LogP contribution in [0.25, 0.3) is 0 Å². The van der Waals surface area contributed by atoms with Gasteiger partial charge in [-0.2, -0.15) is 0 Å². The van der Waals surface area contributed by atoms with Gasteiger partial charge in [0, 0.05) is 12.6 Å². The molecule has 1 atom stereocenters. The van der Waals surface area contributed by atoms with E-state index in [2.05, 4.69) is 5.32 Å². The van der Waals surface area contributed by atoms with Crippen molar-refractivity contribution in [3.8, 4) is 0 Å². The van der Waals surface area contributed by atoms with Crippen molar-refractivity contribution < 1.29 is 0 Å². The van der Waals surface area contributed by atoms with Gasteiger partial charge in [0.15, 0.2) is 0 Å². The monoisotopic (exact) mass is 98.1 g/mol. The van der Waals surface area contributed by atoms with E-state index in [1.807, 2.05) is 13.1 Å². The lowest BCUT2D eigenvalue weighted by Gasteiger charge is -2.19. The zero-order valence-electron chi connectivity index (χ0n) is 4.44. The van der Waals surface area contributed by atoms with Gasteiger partial charge >= 0.3 is 0 Å². The third kappa shape index (κ3) is 0.747. The molecule has 0 aromatic rings. The van der Waals surface area contributed by atoms with Crippen molar-refractivity contribution in [1.29, 1.82) is 0 Å². The van der Waals surface area contributed by atoms with Crippen LogP contribution in [0.4, 0.5) is 0 Å². The van der Waals surface area contributed by atoms with Crippen LogP contribution in [0.3, 0.4) is 0 Å². The average Bonchev–Trinajstić information content (AvgIpc) is 1.23. The maximum Gasteiger partial charge on any atom is 0.0387 e. The lowest BCUT2D eigenvalue weighted by molar-refractivity contribution is 0.714. The van der Waals surface area contributed by atoms with Crippen LogP contribution in [-0.2, 0) is 0 Å². The highest BCUT2D eigenvalue weighted by atomic mass is 14.9. The van der Waals surface area contributed by atoms with Crippen LogP contribution >= 0.6 is 0 Å². The summed E-state index contributed by atoms with van der Waals surface area (Å²) < 4.78 is 0. The van der Waals surface area contributed by atoms with E-state index in [4.69, 9.17) is 5.73 Å². The van der Waals surface area contributed by atoms with Crippen molar-refractivity contribution in [2.45, 2.75) is 13.0 Å². The summed E-state index contributed by atoms with van der Waals surface area (Å²) in [5.41, 5.74) is 6.81. The van der Waals surface area contributed by atoms with Crippen LogP contribution in [0.2, 0.25) is 0 Å². The molecule has 1 heterocycles. The van der Waals surface area contributed by atoms with Gasteiger partial charge in [-0.3, -0.25) is 0 Å². The normalized spacial score (nSPS) is 21.7. The fourth-order valence-corrected chi connectivity index (χ4v) is 0.512. The van der Waals surface area contributed by atoms with E-state index in [0.717, 1.165) is 6.54 Å². The van der Waals surface area contributed by atoms with Gasteiger partial charge in [0.2, 0.25) is 0 Å². The Morgan fingerprint density at radius 3 is 2.57 bits per heavy atom. The smallest absolute Gasteiger partial charge is 0.0387 e. The van der Waals surface area contributed by atoms with Gasteiger partial charge in [0.25, 0.3) is 0 Å². The SMILES string of the molecule is CC(N)C1=CNC1. The third-order valence-electron chi connectivity index (χ3n) is 1.18. The van der Waals surface area contributed by atoms with Crippen molar-refractivity contribution in [2.24, 2.45) is 5.73 Å². The second-order valence-electron chi connectivity index (χ2n) is 1.89. The minimum atomic E-state index is 0.251. The molecule has 0 fully saturated rings. The fraction of sp³-hybridized carbons (Fsp3) is 0.600. The van der Waals surface area contributed by atoms with E-state index < -0.39 is 0 Å². The van der Waals surface area contributed by atoms with Crippen LogP contribution in [0.15, 0.2) is 11.8 Å². The highest BCUT2D eigenvalue weighted by molar-refractivity contribution is 5.17. The van der Waals surface area contributed by atoms with E-state index in [9.17, 15) is 0 Å². The first kappa shape index (κ1) is 4.65. The summed E-state index contributed by atoms with van der Waals surface area (Å²) >= 11 is 0. The van der Waals surface area contributed by atoms with Gasteiger partial charge in [-0.1, -0.05) is 0 Å². The van der Waals surface area contributed by atoms with E-state index >= 15 is 0 Å². The first-order chi connectivity index (χ1) is 3.30. The maximum atomic E-state index is 5.49. The Morgan fingerprint density at radius 2 is 2.57 bits per heavy atom. The van der Waals surface area contributed by atoms with Crippen molar-refractivity contribution in [2.75, 3.05) is 6.54 Å². The summed E-state index contributed by atoms with van der Waals surface area (Å²) in [5.74, 6) is 0. The molecule has 1 unspecified atom stereocenters. The van der Waals surface area contributed by atoms with Gasteiger partial charge in [0.1, 0.15) is 0 Å². The highest BCUT2D eigenvalue weighted by Gasteiger charge is 2.07. The minimum Gasteiger partial charge on any atom is -0.387 e. The van der Waals surface area contributed by atoms with Crippen LogP contribution in [-0.4, -0.2) is 12.6 Å². The predicted molar refractivity (Wildman–Crippen MR) is 29.7 cm³/mol. The average molecular weight is 98.1 g/mol. The van der Waals surface area contributed by atoms with E-state index in [0.29, 0.717) is 0 Å². The van der Waals surface area contributed by atoms with Crippen molar-refractivity contribution in [3.63, 3.8) is 0 Å². The Hall–Kier alpha value is -0.500. The Balaban J connectivity index is 2.40. The van der Waals surface area contributed by atoms with Gasteiger partial charge in [-0.25, -0.2) is 0 Å². The molecule has 0 radical (unpaired) electrons. The molecular formula is C5H10N2. The summed E-state index contributed by atoms with van der Waals surface area (Å²) in [4.78, 5) is 0. The standard InChI is InChI=1S/C5H10N2/c1-4(6)5-2-7-3-5/h2,4,7H,3,6H2,1H3. The summed E-state index contributed by atoms with van der Waals surface area (Å²) in [5, 5.41) is 3.00. The highest BCUT2D eigenvalue weighted by Crippen LogP contribution is 2.02. The molecule has 0 saturated carbocycles. The number of rotatable bonds is 1. The number of hydrogen-bond donors (Lipinski definition) is 2. The molecule has 40 valence electrons. The molecule has 2 nitrogen and oxygen atoms in total. The number of hydrogen-bond acceptors (Lipinski definition) is 2. The summed E-state index contributed by atoms with van der Waals surface area (Å²) in [7, 11) is 0. The second-order valence-corrected chi connectivity index (χ2v) is 1.89. The maximum absolute atomic E-state index is 5.49. The molecule has 0 aliphatic carbocycles. The zero-order chi connectivity index (χ0) is 5.28. The molecule has 7 heavy (non-hydrogen) atoms. The Morgan fingerprint density at radius 1 is 2.00 bits per heavy atom. The van der Waals surface area contributed by atoms with Gasteiger partial charge in [-0.15, -0.1) is 0 Å². The van der Waals surface area contributed by atoms with Crippen LogP contribution in [0.5, 0.6) is 0 Å². The Kier molecular flexibility index (Phi) is 1.02. The van der Waals surface area contributed by atoms with Crippen LogP contribution < -0.4 is 11.1 Å². The molecule has 1 aliphatic rings.